The zero-order valence-corrected chi connectivity index (χ0v) is 15.4. The fourth-order valence-corrected chi connectivity index (χ4v) is 3.66. The van der Waals surface area contributed by atoms with Crippen molar-refractivity contribution < 1.29 is 4.74 Å². The van der Waals surface area contributed by atoms with E-state index in [1.165, 1.54) is 4.57 Å². The number of nitrogens with one attached hydrogen (secondary N) is 1. The first-order valence-corrected chi connectivity index (χ1v) is 8.59. The molecule has 3 heterocycles. The molecule has 0 aliphatic carbocycles. The van der Waals surface area contributed by atoms with E-state index >= 15 is 0 Å². The Labute approximate surface area is 153 Å². The minimum atomic E-state index is -0.481. The molecule has 3 aromatic rings. The van der Waals surface area contributed by atoms with Gasteiger partial charge in [-0.1, -0.05) is 18.5 Å². The molecule has 0 radical (unpaired) electrons. The molecule has 2 aromatic heterocycles. The number of anilines is 2. The molecular weight excluding hydrogens is 358 g/mol. The van der Waals surface area contributed by atoms with Crippen molar-refractivity contribution >= 4 is 34.4 Å². The van der Waals surface area contributed by atoms with Gasteiger partial charge in [0.25, 0.3) is 5.56 Å². The van der Waals surface area contributed by atoms with Crippen LogP contribution >= 0.6 is 11.6 Å². The standard InChI is InChI=1S/C17H18ClN5O3/c1-9-7-22(10-4-5-12(26-3)11(18)6-10)16-19-14-13(23(16)8-9)15(24)20-17(25)21(14)2/h4-6,9H,7-8H2,1-3H3,(H,20,24,25)/t9-/m1/s1. The number of methoxy groups -OCH3 is 1. The normalized spacial score (nSPS) is 16.8. The molecule has 0 unspecified atom stereocenters. The van der Waals surface area contributed by atoms with Crippen LogP contribution in [0.5, 0.6) is 5.75 Å². The van der Waals surface area contributed by atoms with Gasteiger partial charge < -0.3 is 14.2 Å². The number of ether oxygens (including phenoxy) is 1. The Kier molecular flexibility index (Phi) is 3.80. The van der Waals surface area contributed by atoms with E-state index < -0.39 is 11.2 Å². The van der Waals surface area contributed by atoms with Gasteiger partial charge in [0.2, 0.25) is 5.95 Å². The highest BCUT2D eigenvalue weighted by Gasteiger charge is 2.29. The average Bonchev–Trinajstić information content (AvgIpc) is 2.99. The van der Waals surface area contributed by atoms with Crippen LogP contribution in [0, 0.1) is 5.92 Å². The van der Waals surface area contributed by atoms with Crippen LogP contribution in [-0.2, 0) is 13.6 Å². The predicted octanol–water partition coefficient (Wildman–Crippen LogP) is 1.87. The summed E-state index contributed by atoms with van der Waals surface area (Å²) in [5.74, 6) is 1.48. The Balaban J connectivity index is 1.96. The molecular formula is C17H18ClN5O3. The largest absolute Gasteiger partial charge is 0.495 e. The molecule has 1 aliphatic heterocycles. The first-order chi connectivity index (χ1) is 12.4. The monoisotopic (exact) mass is 375 g/mol. The molecule has 8 nitrogen and oxygen atoms in total. The van der Waals surface area contributed by atoms with Crippen LogP contribution in [0.3, 0.4) is 0 Å². The summed E-state index contributed by atoms with van der Waals surface area (Å²) < 4.78 is 8.43. The van der Waals surface area contributed by atoms with Crippen molar-refractivity contribution in [1.82, 2.24) is 19.1 Å². The molecule has 0 saturated heterocycles. The molecule has 0 amide bonds. The second-order valence-electron chi connectivity index (χ2n) is 6.55. The number of hydrogen-bond acceptors (Lipinski definition) is 5. The SMILES string of the molecule is COc1ccc(N2C[C@@H](C)Cn3c2nc2c3c(=O)[nH]c(=O)n2C)cc1Cl. The molecule has 9 heteroatoms. The second kappa shape index (κ2) is 5.91. The van der Waals surface area contributed by atoms with Crippen LogP contribution in [0.2, 0.25) is 5.02 Å². The summed E-state index contributed by atoms with van der Waals surface area (Å²) in [6.45, 7) is 3.47. The second-order valence-corrected chi connectivity index (χ2v) is 6.95. The van der Waals surface area contributed by atoms with Crippen molar-refractivity contribution in [2.75, 3.05) is 18.6 Å². The van der Waals surface area contributed by atoms with E-state index in [9.17, 15) is 9.59 Å². The van der Waals surface area contributed by atoms with Crippen molar-refractivity contribution in [1.29, 1.82) is 0 Å². The third kappa shape index (κ3) is 2.40. The van der Waals surface area contributed by atoms with Crippen molar-refractivity contribution in [3.8, 4) is 5.75 Å². The Morgan fingerprint density at radius 1 is 1.31 bits per heavy atom. The highest BCUT2D eigenvalue weighted by molar-refractivity contribution is 6.32. The summed E-state index contributed by atoms with van der Waals surface area (Å²) in [5, 5.41) is 0.496. The topological polar surface area (TPSA) is 85.2 Å². The lowest BCUT2D eigenvalue weighted by Gasteiger charge is -2.33. The Hall–Kier alpha value is -2.74. The Morgan fingerprint density at radius 3 is 2.77 bits per heavy atom. The highest BCUT2D eigenvalue weighted by Crippen LogP contribution is 2.36. The Morgan fingerprint density at radius 2 is 2.08 bits per heavy atom. The van der Waals surface area contributed by atoms with E-state index in [1.54, 1.807) is 20.2 Å². The van der Waals surface area contributed by atoms with Gasteiger partial charge in [-0.25, -0.2) is 4.79 Å². The van der Waals surface area contributed by atoms with Gasteiger partial charge in [-0.3, -0.25) is 14.3 Å². The number of aromatic amines is 1. The molecule has 1 aromatic carbocycles. The van der Waals surface area contributed by atoms with E-state index in [-0.39, 0.29) is 5.92 Å². The third-order valence-corrected chi connectivity index (χ3v) is 4.96. The number of halogens is 1. The van der Waals surface area contributed by atoms with Crippen LogP contribution in [-0.4, -0.2) is 32.8 Å². The number of nitrogens with zero attached hydrogens (tertiary/aromatic N) is 4. The number of aryl methyl sites for hydroxylation is 1. The predicted molar refractivity (Wildman–Crippen MR) is 99.8 cm³/mol. The van der Waals surface area contributed by atoms with E-state index in [2.05, 4.69) is 16.9 Å². The smallest absolute Gasteiger partial charge is 0.329 e. The maximum absolute atomic E-state index is 12.4. The lowest BCUT2D eigenvalue weighted by atomic mass is 10.1. The van der Waals surface area contributed by atoms with E-state index in [0.717, 1.165) is 12.2 Å². The van der Waals surface area contributed by atoms with Crippen molar-refractivity contribution in [3.05, 3.63) is 44.1 Å². The number of fused-ring (bicyclic) bond motifs is 3. The number of H-pyrrole nitrogens is 1. The van der Waals surface area contributed by atoms with Crippen molar-refractivity contribution in [3.63, 3.8) is 0 Å². The van der Waals surface area contributed by atoms with Gasteiger partial charge in [-0.05, 0) is 24.1 Å². The van der Waals surface area contributed by atoms with Crippen LogP contribution < -0.4 is 20.9 Å². The molecule has 1 N–H and O–H groups in total. The summed E-state index contributed by atoms with van der Waals surface area (Å²) in [5.41, 5.74) is 0.708. The zero-order valence-electron chi connectivity index (χ0n) is 14.6. The molecule has 4 rings (SSSR count). The fourth-order valence-electron chi connectivity index (χ4n) is 3.41. The van der Waals surface area contributed by atoms with E-state index in [0.29, 0.717) is 34.4 Å². The van der Waals surface area contributed by atoms with Gasteiger partial charge >= 0.3 is 5.69 Å². The Bertz CT molecular complexity index is 1130. The number of rotatable bonds is 2. The maximum Gasteiger partial charge on any atom is 0.329 e. The average molecular weight is 376 g/mol. The zero-order chi connectivity index (χ0) is 18.6. The fraction of sp³-hybridized carbons (Fsp3) is 0.353. The lowest BCUT2D eigenvalue weighted by Crippen LogP contribution is -2.35. The van der Waals surface area contributed by atoms with Crippen LogP contribution in [0.25, 0.3) is 11.2 Å². The number of benzene rings is 1. The molecule has 0 bridgehead atoms. The highest BCUT2D eigenvalue weighted by atomic mass is 35.5. The molecule has 136 valence electrons. The van der Waals surface area contributed by atoms with Gasteiger partial charge in [-0.15, -0.1) is 0 Å². The number of hydrogen-bond donors (Lipinski definition) is 1. The molecule has 1 atom stereocenters. The quantitative estimate of drug-likeness (QED) is 0.739. The van der Waals surface area contributed by atoms with Gasteiger partial charge in [0.15, 0.2) is 11.2 Å². The summed E-state index contributed by atoms with van der Waals surface area (Å²) in [4.78, 5) is 33.2. The maximum atomic E-state index is 12.4. The summed E-state index contributed by atoms with van der Waals surface area (Å²) in [7, 11) is 3.16. The van der Waals surface area contributed by atoms with E-state index in [1.807, 2.05) is 21.6 Å². The number of imidazole rings is 1. The molecule has 0 spiro atoms. The van der Waals surface area contributed by atoms with Gasteiger partial charge in [-0.2, -0.15) is 4.98 Å². The molecule has 0 saturated carbocycles. The van der Waals surface area contributed by atoms with Crippen LogP contribution in [0.4, 0.5) is 11.6 Å². The third-order valence-electron chi connectivity index (χ3n) is 4.66. The summed E-state index contributed by atoms with van der Waals surface area (Å²) in [6.07, 6.45) is 0. The van der Waals surface area contributed by atoms with Crippen molar-refractivity contribution in [2.45, 2.75) is 13.5 Å². The first-order valence-electron chi connectivity index (χ1n) is 8.21. The van der Waals surface area contributed by atoms with Gasteiger partial charge in [0, 0.05) is 25.8 Å². The first kappa shape index (κ1) is 16.7. The van der Waals surface area contributed by atoms with Crippen molar-refractivity contribution in [2.24, 2.45) is 13.0 Å². The summed E-state index contributed by atoms with van der Waals surface area (Å²) >= 11 is 6.28. The molecule has 0 fully saturated rings. The molecule has 1 aliphatic rings. The van der Waals surface area contributed by atoms with Crippen LogP contribution in [0.1, 0.15) is 6.92 Å². The lowest BCUT2D eigenvalue weighted by molar-refractivity contribution is 0.415. The number of aromatic nitrogens is 4. The minimum Gasteiger partial charge on any atom is -0.495 e. The van der Waals surface area contributed by atoms with Gasteiger partial charge in [0.05, 0.1) is 12.1 Å². The molecule has 26 heavy (non-hydrogen) atoms. The van der Waals surface area contributed by atoms with E-state index in [4.69, 9.17) is 16.3 Å². The van der Waals surface area contributed by atoms with Crippen LogP contribution in [0.15, 0.2) is 27.8 Å². The van der Waals surface area contributed by atoms with Gasteiger partial charge in [0.1, 0.15) is 5.75 Å². The summed E-state index contributed by atoms with van der Waals surface area (Å²) in [6, 6.07) is 5.51. The minimum absolute atomic E-state index is 0.275.